The summed E-state index contributed by atoms with van der Waals surface area (Å²) in [5.41, 5.74) is 0. The molecule has 2 radical (unpaired) electrons. The van der Waals surface area contributed by atoms with Gasteiger partial charge in [-0.3, -0.25) is 0 Å². The highest BCUT2D eigenvalue weighted by Crippen LogP contribution is 2.30. The molecule has 0 fully saturated rings. The minimum Gasteiger partial charge on any atom is -0.360 e. The summed E-state index contributed by atoms with van der Waals surface area (Å²) in [7, 11) is 7.99. The van der Waals surface area contributed by atoms with Crippen LogP contribution in [0.2, 0.25) is 6.04 Å². The molecule has 0 aromatic rings. The van der Waals surface area contributed by atoms with Crippen LogP contribution in [0.25, 0.3) is 0 Å². The van der Waals surface area contributed by atoms with E-state index < -0.39 is 0 Å². The van der Waals surface area contributed by atoms with Gasteiger partial charge in [0.1, 0.15) is 15.4 Å². The number of methoxy groups -OCH3 is 2. The zero-order valence-electron chi connectivity index (χ0n) is 12.4. The molecule has 0 N–H and O–H groups in total. The molecule has 0 rings (SSSR count). The van der Waals surface area contributed by atoms with Crippen molar-refractivity contribution in [2.75, 3.05) is 20.0 Å². The van der Waals surface area contributed by atoms with E-state index in [0.717, 1.165) is 9.52 Å². The highest BCUT2D eigenvalue weighted by atomic mass is 33.1. The second-order valence-corrected chi connectivity index (χ2v) is 8.30. The van der Waals surface area contributed by atoms with Crippen LogP contribution in [0, 0.1) is 0 Å². The first-order chi connectivity index (χ1) is 8.52. The summed E-state index contributed by atoms with van der Waals surface area (Å²) in [4.78, 5) is 0. The molecule has 3 nitrogen and oxygen atoms in total. The molecule has 0 aromatic heterocycles. The average Bonchev–Trinajstić information content (AvgIpc) is 2.32. The smallest absolute Gasteiger partial charge is 0.136 e. The molecule has 0 unspecified atom stereocenters. The van der Waals surface area contributed by atoms with E-state index in [1.807, 2.05) is 21.8 Å². The largest absolute Gasteiger partial charge is 0.360 e. The van der Waals surface area contributed by atoms with Crippen LogP contribution >= 0.6 is 21.8 Å². The first-order valence-corrected chi connectivity index (χ1v) is 9.95. The Balaban J connectivity index is 3.55. The predicted molar refractivity (Wildman–Crippen MR) is 85.1 cm³/mol. The van der Waals surface area contributed by atoms with E-state index >= 15 is 0 Å². The number of hydrogen-bond donors (Lipinski definition) is 0. The van der Waals surface area contributed by atoms with Crippen LogP contribution in [0.4, 0.5) is 0 Å². The lowest BCUT2D eigenvalue weighted by molar-refractivity contribution is -0.0441. The van der Waals surface area contributed by atoms with Crippen molar-refractivity contribution in [2.45, 2.75) is 58.2 Å². The fourth-order valence-electron chi connectivity index (χ4n) is 1.48. The maximum absolute atomic E-state index is 5.18. The first kappa shape index (κ1) is 18.8. The molecular weight excluding hydrogens is 282 g/mol. The molecule has 18 heavy (non-hydrogen) atoms. The Morgan fingerprint density at radius 2 is 1.61 bits per heavy atom. The van der Waals surface area contributed by atoms with E-state index in [4.69, 9.17) is 9.47 Å². The number of ether oxygens (including phenoxy) is 2. The Bertz CT molecular complexity index is 185. The van der Waals surface area contributed by atoms with E-state index in [0.29, 0.717) is 12.1 Å². The van der Waals surface area contributed by atoms with E-state index in [-0.39, 0.29) is 5.91 Å². The SMILES string of the molecule is COC(OC)[Si]CCCSSN(C(C)C)C(C)C. The van der Waals surface area contributed by atoms with E-state index in [2.05, 4.69) is 32.0 Å². The van der Waals surface area contributed by atoms with Crippen LogP contribution in [0.3, 0.4) is 0 Å². The summed E-state index contributed by atoms with van der Waals surface area (Å²) in [6.07, 6.45) is 1.23. The summed E-state index contributed by atoms with van der Waals surface area (Å²) < 4.78 is 12.8. The normalized spacial score (nSPS) is 12.3. The van der Waals surface area contributed by atoms with Crippen molar-refractivity contribution in [3.63, 3.8) is 0 Å². The van der Waals surface area contributed by atoms with Crippen molar-refractivity contribution in [2.24, 2.45) is 0 Å². The molecule has 0 spiro atoms. The molecule has 0 aliphatic carbocycles. The van der Waals surface area contributed by atoms with E-state index in [1.54, 1.807) is 14.2 Å². The molecule has 0 amide bonds. The molecule has 0 aliphatic rings. The Kier molecular flexibility index (Phi) is 12.1. The van der Waals surface area contributed by atoms with Crippen molar-refractivity contribution < 1.29 is 9.47 Å². The zero-order valence-corrected chi connectivity index (χ0v) is 15.1. The van der Waals surface area contributed by atoms with Gasteiger partial charge in [0, 0.05) is 32.1 Å². The van der Waals surface area contributed by atoms with Gasteiger partial charge in [0.2, 0.25) is 0 Å². The van der Waals surface area contributed by atoms with Crippen LogP contribution in [0.1, 0.15) is 34.1 Å². The molecule has 0 heterocycles. The standard InChI is InChI=1S/C12H27NO2S2Si/c1-10(2)13(11(3)4)17-16-8-7-9-18-12(14-5)15-6/h10-12H,7-9H2,1-6H3. The van der Waals surface area contributed by atoms with Gasteiger partial charge in [0.15, 0.2) is 0 Å². The number of hydrogen-bond acceptors (Lipinski definition) is 5. The van der Waals surface area contributed by atoms with Crippen molar-refractivity contribution in [3.8, 4) is 0 Å². The molecule has 0 aliphatic heterocycles. The van der Waals surface area contributed by atoms with Gasteiger partial charge in [-0.2, -0.15) is 0 Å². The first-order valence-electron chi connectivity index (χ1n) is 6.39. The Morgan fingerprint density at radius 1 is 1.06 bits per heavy atom. The second-order valence-electron chi connectivity index (χ2n) is 4.55. The molecule has 108 valence electrons. The Morgan fingerprint density at radius 3 is 2.06 bits per heavy atom. The maximum Gasteiger partial charge on any atom is 0.136 e. The summed E-state index contributed by atoms with van der Waals surface area (Å²) in [6, 6.07) is 2.37. The third-order valence-corrected chi connectivity index (χ3v) is 6.66. The van der Waals surface area contributed by atoms with E-state index in [1.165, 1.54) is 18.2 Å². The fourth-order valence-corrected chi connectivity index (χ4v) is 5.46. The summed E-state index contributed by atoms with van der Waals surface area (Å²) in [5, 5.41) is 0. The molecule has 0 saturated heterocycles. The van der Waals surface area contributed by atoms with Gasteiger partial charge in [-0.15, -0.1) is 0 Å². The average molecular weight is 310 g/mol. The third kappa shape index (κ3) is 8.82. The molecule has 0 bridgehead atoms. The van der Waals surface area contributed by atoms with Gasteiger partial charge in [0.05, 0.1) is 0 Å². The molecule has 0 atom stereocenters. The molecular formula is C12H27NO2S2Si. The van der Waals surface area contributed by atoms with Crippen molar-refractivity contribution in [1.29, 1.82) is 0 Å². The molecule has 6 heteroatoms. The van der Waals surface area contributed by atoms with Crippen LogP contribution in [-0.2, 0) is 9.47 Å². The number of rotatable bonds is 11. The quantitative estimate of drug-likeness (QED) is 0.191. The molecule has 0 aromatic carbocycles. The second kappa shape index (κ2) is 11.6. The van der Waals surface area contributed by atoms with Gasteiger partial charge in [-0.25, -0.2) is 4.31 Å². The van der Waals surface area contributed by atoms with E-state index in [9.17, 15) is 0 Å². The Labute approximate surface area is 123 Å². The van der Waals surface area contributed by atoms with Crippen LogP contribution < -0.4 is 0 Å². The van der Waals surface area contributed by atoms with Crippen LogP contribution in [-0.4, -0.2) is 51.8 Å². The van der Waals surface area contributed by atoms with Gasteiger partial charge in [-0.1, -0.05) is 16.8 Å². The zero-order chi connectivity index (χ0) is 14.0. The lowest BCUT2D eigenvalue weighted by Gasteiger charge is -2.28. The summed E-state index contributed by atoms with van der Waals surface area (Å²) in [6.45, 7) is 8.99. The summed E-state index contributed by atoms with van der Waals surface area (Å²) >= 11 is 0. The minimum absolute atomic E-state index is 0.00882. The minimum atomic E-state index is -0.00882. The van der Waals surface area contributed by atoms with Gasteiger partial charge >= 0.3 is 0 Å². The van der Waals surface area contributed by atoms with Crippen molar-refractivity contribution >= 4 is 31.3 Å². The fraction of sp³-hybridized carbons (Fsp3) is 1.00. The monoisotopic (exact) mass is 309 g/mol. The third-order valence-electron chi connectivity index (χ3n) is 2.30. The van der Waals surface area contributed by atoms with Crippen molar-refractivity contribution in [3.05, 3.63) is 0 Å². The number of nitrogens with zero attached hydrogens (tertiary/aromatic N) is 1. The van der Waals surface area contributed by atoms with Crippen LogP contribution in [0.15, 0.2) is 0 Å². The predicted octanol–water partition coefficient (Wildman–Crippen LogP) is 3.49. The lowest BCUT2D eigenvalue weighted by atomic mass is 10.3. The van der Waals surface area contributed by atoms with Crippen LogP contribution in [0.5, 0.6) is 0 Å². The molecule has 0 saturated carbocycles. The highest BCUT2D eigenvalue weighted by molar-refractivity contribution is 8.75. The van der Waals surface area contributed by atoms with Gasteiger partial charge < -0.3 is 9.47 Å². The maximum atomic E-state index is 5.18. The van der Waals surface area contributed by atoms with Gasteiger partial charge in [0.25, 0.3) is 0 Å². The topological polar surface area (TPSA) is 21.7 Å². The highest BCUT2D eigenvalue weighted by Gasteiger charge is 2.14. The van der Waals surface area contributed by atoms with Crippen molar-refractivity contribution in [1.82, 2.24) is 4.31 Å². The Hall–Kier alpha value is 0.797. The van der Waals surface area contributed by atoms with Gasteiger partial charge in [-0.05, 0) is 45.1 Å². The lowest BCUT2D eigenvalue weighted by Crippen LogP contribution is -2.29. The summed E-state index contributed by atoms with van der Waals surface area (Å²) in [5.74, 6) is 1.18.